The monoisotopic (exact) mass is 556 g/mol. The van der Waals surface area contributed by atoms with Gasteiger partial charge in [-0.15, -0.1) is 0 Å². The number of anilines is 5. The van der Waals surface area contributed by atoms with Crippen molar-refractivity contribution in [3.63, 3.8) is 0 Å². The predicted octanol–water partition coefficient (Wildman–Crippen LogP) is 6.77. The predicted molar refractivity (Wildman–Crippen MR) is 173 cm³/mol. The van der Waals surface area contributed by atoms with Gasteiger partial charge in [0.2, 0.25) is 11.9 Å². The minimum absolute atomic E-state index is 0.527. The van der Waals surface area contributed by atoms with Crippen molar-refractivity contribution in [3.05, 3.63) is 89.9 Å². The van der Waals surface area contributed by atoms with Gasteiger partial charge in [-0.3, -0.25) is 0 Å². The van der Waals surface area contributed by atoms with Gasteiger partial charge in [-0.2, -0.15) is 0 Å². The van der Waals surface area contributed by atoms with Crippen LogP contribution in [-0.2, 0) is 6.42 Å². The Hall–Kier alpha value is -4.69. The molecule has 0 amide bonds. The van der Waals surface area contributed by atoms with Crippen molar-refractivity contribution in [2.45, 2.75) is 20.3 Å². The summed E-state index contributed by atoms with van der Waals surface area (Å²) in [5, 5.41) is 7.84. The van der Waals surface area contributed by atoms with Crippen LogP contribution >= 0.6 is 0 Å². The number of nitrogens with one attached hydrogen (secondary N) is 3. The van der Waals surface area contributed by atoms with E-state index in [0.717, 1.165) is 77.6 Å². The number of piperazine rings is 1. The number of aromatic amines is 1. The number of hydrogen-bond acceptors (Lipinski definition) is 7. The standard InChI is InChI=1S/C34H36N8/c1-22-4-12-31-32(18-22)40-34(39-31)37-27-7-5-23(2)29(20-27)24-6-13-30-25(19-24)21-35-33(38-30)36-26-8-10-28(11-9-26)42-16-14-41(3)15-17-42/h4-13,19-22H,14-18H2,1-3H3,(H,35,36,38)(H2,37,39,40). The summed E-state index contributed by atoms with van der Waals surface area (Å²) in [5.41, 5.74) is 9.83. The van der Waals surface area contributed by atoms with E-state index < -0.39 is 0 Å². The molecule has 2 aromatic heterocycles. The van der Waals surface area contributed by atoms with E-state index in [4.69, 9.17) is 9.97 Å². The fourth-order valence-electron chi connectivity index (χ4n) is 5.78. The third kappa shape index (κ3) is 5.45. The van der Waals surface area contributed by atoms with Gasteiger partial charge in [0.15, 0.2) is 0 Å². The van der Waals surface area contributed by atoms with E-state index in [1.54, 1.807) is 0 Å². The van der Waals surface area contributed by atoms with E-state index in [1.807, 2.05) is 6.20 Å². The third-order valence-corrected chi connectivity index (χ3v) is 8.30. The first-order valence-electron chi connectivity index (χ1n) is 14.7. The number of fused-ring (bicyclic) bond motifs is 2. The van der Waals surface area contributed by atoms with Gasteiger partial charge in [-0.25, -0.2) is 15.0 Å². The molecule has 212 valence electrons. The zero-order valence-corrected chi connectivity index (χ0v) is 24.4. The number of nitrogens with zero attached hydrogens (tertiary/aromatic N) is 5. The average molecular weight is 557 g/mol. The van der Waals surface area contributed by atoms with Crippen molar-refractivity contribution in [1.29, 1.82) is 0 Å². The highest BCUT2D eigenvalue weighted by Gasteiger charge is 2.16. The molecule has 1 fully saturated rings. The molecule has 5 aromatic rings. The Morgan fingerprint density at radius 2 is 1.69 bits per heavy atom. The number of aryl methyl sites for hydroxylation is 1. The molecular weight excluding hydrogens is 520 g/mol. The van der Waals surface area contributed by atoms with Crippen molar-refractivity contribution in [1.82, 2.24) is 24.8 Å². The average Bonchev–Trinajstić information content (AvgIpc) is 3.40. The van der Waals surface area contributed by atoms with Crippen LogP contribution in [0, 0.1) is 12.8 Å². The van der Waals surface area contributed by atoms with Crippen molar-refractivity contribution in [2.75, 3.05) is 48.8 Å². The number of H-pyrrole nitrogens is 1. The van der Waals surface area contributed by atoms with Crippen LogP contribution in [0.4, 0.5) is 29.0 Å². The van der Waals surface area contributed by atoms with Gasteiger partial charge < -0.3 is 25.4 Å². The molecule has 1 saturated heterocycles. The second-order valence-electron chi connectivity index (χ2n) is 11.6. The Morgan fingerprint density at radius 3 is 2.52 bits per heavy atom. The maximum atomic E-state index is 4.79. The summed E-state index contributed by atoms with van der Waals surface area (Å²) in [6.07, 6.45) is 7.20. The normalized spacial score (nSPS) is 16.9. The summed E-state index contributed by atoms with van der Waals surface area (Å²) in [4.78, 5) is 22.4. The molecule has 0 bridgehead atoms. The van der Waals surface area contributed by atoms with Gasteiger partial charge in [-0.1, -0.05) is 25.1 Å². The summed E-state index contributed by atoms with van der Waals surface area (Å²) in [5.74, 6) is 1.89. The highest BCUT2D eigenvalue weighted by atomic mass is 15.2. The maximum absolute atomic E-state index is 4.79. The summed E-state index contributed by atoms with van der Waals surface area (Å²) >= 11 is 0. The molecule has 8 nitrogen and oxygen atoms in total. The van der Waals surface area contributed by atoms with Crippen LogP contribution in [0.15, 0.2) is 72.9 Å². The summed E-state index contributed by atoms with van der Waals surface area (Å²) in [7, 11) is 2.18. The second kappa shape index (κ2) is 10.9. The number of hydrogen-bond donors (Lipinski definition) is 3. The minimum atomic E-state index is 0.527. The van der Waals surface area contributed by atoms with Crippen molar-refractivity contribution < 1.29 is 0 Å². The minimum Gasteiger partial charge on any atom is -0.369 e. The SMILES string of the molecule is Cc1ccc(Nc2nc3c([nH]2)CC(C)C=C3)cc1-c1ccc2nc(Nc3ccc(N4CCN(C)CC4)cc3)ncc2c1. The molecule has 1 aliphatic carbocycles. The lowest BCUT2D eigenvalue weighted by Gasteiger charge is -2.34. The van der Waals surface area contributed by atoms with Crippen LogP contribution in [0.2, 0.25) is 0 Å². The van der Waals surface area contributed by atoms with Crippen LogP contribution in [0.1, 0.15) is 23.9 Å². The number of likely N-dealkylation sites (N-methyl/N-ethyl adjacent to an activating group) is 1. The van der Waals surface area contributed by atoms with E-state index in [2.05, 4.69) is 124 Å². The van der Waals surface area contributed by atoms with Crippen LogP contribution in [0.25, 0.3) is 28.1 Å². The number of allylic oxidation sites excluding steroid dienone is 1. The molecule has 3 heterocycles. The number of rotatable bonds is 6. The lowest BCUT2D eigenvalue weighted by atomic mass is 9.98. The number of imidazole rings is 1. The lowest BCUT2D eigenvalue weighted by Crippen LogP contribution is -2.44. The van der Waals surface area contributed by atoms with Crippen LogP contribution < -0.4 is 15.5 Å². The molecule has 8 heteroatoms. The maximum Gasteiger partial charge on any atom is 0.227 e. The zero-order valence-electron chi connectivity index (χ0n) is 24.4. The smallest absolute Gasteiger partial charge is 0.227 e. The molecule has 1 atom stereocenters. The van der Waals surface area contributed by atoms with E-state index in [9.17, 15) is 0 Å². The van der Waals surface area contributed by atoms with Crippen molar-refractivity contribution >= 4 is 45.9 Å². The fourth-order valence-corrected chi connectivity index (χ4v) is 5.78. The Labute approximate surface area is 246 Å². The number of benzene rings is 3. The highest BCUT2D eigenvalue weighted by molar-refractivity contribution is 5.86. The molecule has 1 unspecified atom stereocenters. The van der Waals surface area contributed by atoms with Gasteiger partial charge in [0.05, 0.1) is 11.2 Å². The van der Waals surface area contributed by atoms with Gasteiger partial charge >= 0.3 is 0 Å². The molecule has 42 heavy (non-hydrogen) atoms. The van der Waals surface area contributed by atoms with E-state index in [0.29, 0.717) is 11.9 Å². The van der Waals surface area contributed by atoms with E-state index in [-0.39, 0.29) is 0 Å². The molecule has 0 saturated carbocycles. The van der Waals surface area contributed by atoms with Crippen LogP contribution in [0.5, 0.6) is 0 Å². The van der Waals surface area contributed by atoms with Gasteiger partial charge in [0.25, 0.3) is 0 Å². The first-order chi connectivity index (χ1) is 20.5. The molecule has 1 aliphatic heterocycles. The quantitative estimate of drug-likeness (QED) is 0.213. The zero-order chi connectivity index (χ0) is 28.6. The molecule has 7 rings (SSSR count). The van der Waals surface area contributed by atoms with Gasteiger partial charge in [0, 0.05) is 60.5 Å². The third-order valence-electron chi connectivity index (χ3n) is 8.30. The molecule has 3 N–H and O–H groups in total. The first kappa shape index (κ1) is 26.2. The van der Waals surface area contributed by atoms with Gasteiger partial charge in [0.1, 0.15) is 0 Å². The van der Waals surface area contributed by atoms with Gasteiger partial charge in [-0.05, 0) is 97.6 Å². The van der Waals surface area contributed by atoms with E-state index in [1.165, 1.54) is 16.9 Å². The van der Waals surface area contributed by atoms with Crippen LogP contribution in [-0.4, -0.2) is 58.1 Å². The second-order valence-corrected chi connectivity index (χ2v) is 11.6. The molecule has 0 radical (unpaired) electrons. The summed E-state index contributed by atoms with van der Waals surface area (Å²) < 4.78 is 0. The lowest BCUT2D eigenvalue weighted by molar-refractivity contribution is 0.313. The molecule has 0 spiro atoms. The highest BCUT2D eigenvalue weighted by Crippen LogP contribution is 2.31. The molecule has 3 aromatic carbocycles. The summed E-state index contributed by atoms with van der Waals surface area (Å²) in [6.45, 7) is 8.67. The summed E-state index contributed by atoms with van der Waals surface area (Å²) in [6, 6.07) is 21.3. The first-order valence-corrected chi connectivity index (χ1v) is 14.7. The van der Waals surface area contributed by atoms with E-state index >= 15 is 0 Å². The van der Waals surface area contributed by atoms with Crippen molar-refractivity contribution in [3.8, 4) is 11.1 Å². The number of aromatic nitrogens is 4. The van der Waals surface area contributed by atoms with Crippen LogP contribution in [0.3, 0.4) is 0 Å². The Bertz CT molecular complexity index is 1760. The molecular formula is C34H36N8. The Balaban J connectivity index is 1.07. The Kier molecular flexibility index (Phi) is 6.83. The molecule has 2 aliphatic rings. The topological polar surface area (TPSA) is 85.0 Å². The Morgan fingerprint density at radius 1 is 0.881 bits per heavy atom. The fraction of sp³-hybridized carbons (Fsp3) is 0.265. The van der Waals surface area contributed by atoms with Crippen molar-refractivity contribution in [2.24, 2.45) is 5.92 Å². The largest absolute Gasteiger partial charge is 0.369 e.